The SMILES string of the molecule is Cc1cccc(C)c1OC(=O)c1ccc(N2CCOCC2)c([N+](=O)[O-])c1. The van der Waals surface area contributed by atoms with Crippen molar-refractivity contribution in [1.82, 2.24) is 0 Å². The number of esters is 1. The van der Waals surface area contributed by atoms with E-state index >= 15 is 0 Å². The first kappa shape index (κ1) is 17.9. The van der Waals surface area contributed by atoms with Gasteiger partial charge in [0.05, 0.1) is 23.7 Å². The number of nitro benzene ring substituents is 1. The Morgan fingerprint density at radius 3 is 2.42 bits per heavy atom. The van der Waals surface area contributed by atoms with Crippen molar-refractivity contribution in [2.24, 2.45) is 0 Å². The highest BCUT2D eigenvalue weighted by Crippen LogP contribution is 2.31. The molecule has 7 nitrogen and oxygen atoms in total. The molecule has 0 spiro atoms. The summed E-state index contributed by atoms with van der Waals surface area (Å²) in [7, 11) is 0. The quantitative estimate of drug-likeness (QED) is 0.362. The molecule has 1 aliphatic rings. The second kappa shape index (κ2) is 7.53. The molecule has 1 saturated heterocycles. The number of morpholine rings is 1. The number of aryl methyl sites for hydroxylation is 2. The van der Waals surface area contributed by atoms with E-state index in [0.29, 0.717) is 37.7 Å². The van der Waals surface area contributed by atoms with Crippen molar-refractivity contribution in [3.63, 3.8) is 0 Å². The number of anilines is 1. The van der Waals surface area contributed by atoms with Gasteiger partial charge >= 0.3 is 5.97 Å². The van der Waals surface area contributed by atoms with Crippen LogP contribution in [0, 0.1) is 24.0 Å². The van der Waals surface area contributed by atoms with Crippen LogP contribution in [0.25, 0.3) is 0 Å². The third kappa shape index (κ3) is 3.67. The average Bonchev–Trinajstić information content (AvgIpc) is 2.65. The maximum absolute atomic E-state index is 12.5. The van der Waals surface area contributed by atoms with E-state index in [4.69, 9.17) is 9.47 Å². The van der Waals surface area contributed by atoms with Crippen LogP contribution in [0.5, 0.6) is 5.75 Å². The Kier molecular flexibility index (Phi) is 5.18. The highest BCUT2D eigenvalue weighted by Gasteiger charge is 2.24. The number of ether oxygens (including phenoxy) is 2. The second-order valence-corrected chi connectivity index (χ2v) is 6.17. The molecule has 0 N–H and O–H groups in total. The molecule has 0 radical (unpaired) electrons. The Hall–Kier alpha value is -2.93. The summed E-state index contributed by atoms with van der Waals surface area (Å²) in [6.07, 6.45) is 0. The molecule has 0 unspecified atom stereocenters. The van der Waals surface area contributed by atoms with Gasteiger partial charge in [-0.1, -0.05) is 18.2 Å². The number of nitrogens with zero attached hydrogens (tertiary/aromatic N) is 2. The number of nitro groups is 1. The van der Waals surface area contributed by atoms with E-state index in [9.17, 15) is 14.9 Å². The lowest BCUT2D eigenvalue weighted by Gasteiger charge is -2.28. The third-order valence-electron chi connectivity index (χ3n) is 4.36. The molecule has 2 aromatic carbocycles. The molecule has 0 atom stereocenters. The summed E-state index contributed by atoms with van der Waals surface area (Å²) in [5, 5.41) is 11.5. The number of benzene rings is 2. The topological polar surface area (TPSA) is 81.9 Å². The van der Waals surface area contributed by atoms with Gasteiger partial charge in [-0.2, -0.15) is 0 Å². The molecule has 0 aliphatic carbocycles. The predicted octanol–water partition coefficient (Wildman–Crippen LogP) is 3.27. The largest absolute Gasteiger partial charge is 0.422 e. The molecule has 1 heterocycles. The summed E-state index contributed by atoms with van der Waals surface area (Å²) >= 11 is 0. The van der Waals surface area contributed by atoms with Crippen LogP contribution in [0.3, 0.4) is 0 Å². The monoisotopic (exact) mass is 356 g/mol. The molecule has 1 aliphatic heterocycles. The fourth-order valence-corrected chi connectivity index (χ4v) is 2.98. The molecule has 2 aromatic rings. The summed E-state index contributed by atoms with van der Waals surface area (Å²) in [4.78, 5) is 25.4. The van der Waals surface area contributed by atoms with Gasteiger partial charge in [0.1, 0.15) is 11.4 Å². The minimum Gasteiger partial charge on any atom is -0.422 e. The predicted molar refractivity (Wildman–Crippen MR) is 97.0 cm³/mol. The van der Waals surface area contributed by atoms with Crippen LogP contribution in [0.1, 0.15) is 21.5 Å². The normalized spacial score (nSPS) is 14.2. The van der Waals surface area contributed by atoms with Gasteiger partial charge in [0.2, 0.25) is 0 Å². The summed E-state index contributed by atoms with van der Waals surface area (Å²) in [6.45, 7) is 5.89. The Labute approximate surface area is 151 Å². The van der Waals surface area contributed by atoms with Crippen LogP contribution < -0.4 is 9.64 Å². The summed E-state index contributed by atoms with van der Waals surface area (Å²) in [5.41, 5.74) is 2.19. The molecule has 1 fully saturated rings. The van der Waals surface area contributed by atoms with Crippen molar-refractivity contribution in [3.8, 4) is 5.75 Å². The van der Waals surface area contributed by atoms with Crippen molar-refractivity contribution >= 4 is 17.3 Å². The molecule has 136 valence electrons. The summed E-state index contributed by atoms with van der Waals surface area (Å²) < 4.78 is 10.8. The van der Waals surface area contributed by atoms with Gasteiger partial charge in [-0.25, -0.2) is 4.79 Å². The minimum atomic E-state index is -0.612. The van der Waals surface area contributed by atoms with Crippen molar-refractivity contribution in [1.29, 1.82) is 0 Å². The number of carbonyl (C=O) groups excluding carboxylic acids is 1. The van der Waals surface area contributed by atoms with Crippen LogP contribution in [0.4, 0.5) is 11.4 Å². The highest BCUT2D eigenvalue weighted by atomic mass is 16.6. The maximum atomic E-state index is 12.5. The second-order valence-electron chi connectivity index (χ2n) is 6.17. The fraction of sp³-hybridized carbons (Fsp3) is 0.316. The molecule has 7 heteroatoms. The number of rotatable bonds is 4. The number of hydrogen-bond donors (Lipinski definition) is 0. The van der Waals surface area contributed by atoms with Gasteiger partial charge in [-0.15, -0.1) is 0 Å². The molecule has 0 aromatic heterocycles. The highest BCUT2D eigenvalue weighted by molar-refractivity contribution is 5.93. The van der Waals surface area contributed by atoms with Gasteiger partial charge in [0.15, 0.2) is 0 Å². The molecular weight excluding hydrogens is 336 g/mol. The lowest BCUT2D eigenvalue weighted by Crippen LogP contribution is -2.36. The standard InChI is InChI=1S/C19H20N2O5/c1-13-4-3-5-14(2)18(13)26-19(22)15-6-7-16(17(12-15)21(23)24)20-8-10-25-11-9-20/h3-7,12H,8-11H2,1-2H3. The van der Waals surface area contributed by atoms with Crippen LogP contribution in [-0.4, -0.2) is 37.2 Å². The van der Waals surface area contributed by atoms with Crippen molar-refractivity contribution in [2.75, 3.05) is 31.2 Å². The minimum absolute atomic E-state index is 0.108. The van der Waals surface area contributed by atoms with E-state index in [0.717, 1.165) is 11.1 Å². The Bertz CT molecular complexity index is 824. The zero-order chi connectivity index (χ0) is 18.7. The zero-order valence-corrected chi connectivity index (χ0v) is 14.7. The van der Waals surface area contributed by atoms with Crippen molar-refractivity contribution in [3.05, 3.63) is 63.2 Å². The zero-order valence-electron chi connectivity index (χ0n) is 14.7. The van der Waals surface area contributed by atoms with Crippen LogP contribution in [-0.2, 0) is 4.74 Å². The molecule has 0 amide bonds. The van der Waals surface area contributed by atoms with E-state index in [1.54, 1.807) is 12.1 Å². The van der Waals surface area contributed by atoms with Crippen LogP contribution >= 0.6 is 0 Å². The van der Waals surface area contributed by atoms with Gasteiger partial charge in [0, 0.05) is 19.2 Å². The van der Waals surface area contributed by atoms with Crippen molar-refractivity contribution < 1.29 is 19.2 Å². The first-order valence-corrected chi connectivity index (χ1v) is 8.37. The average molecular weight is 356 g/mol. The maximum Gasteiger partial charge on any atom is 0.343 e. The van der Waals surface area contributed by atoms with Crippen molar-refractivity contribution in [2.45, 2.75) is 13.8 Å². The van der Waals surface area contributed by atoms with E-state index in [1.165, 1.54) is 6.07 Å². The Balaban J connectivity index is 1.89. The van der Waals surface area contributed by atoms with Gasteiger partial charge in [-0.05, 0) is 37.1 Å². The van der Waals surface area contributed by atoms with Crippen LogP contribution in [0.2, 0.25) is 0 Å². The lowest BCUT2D eigenvalue weighted by molar-refractivity contribution is -0.384. The molecule has 0 saturated carbocycles. The Morgan fingerprint density at radius 1 is 1.15 bits per heavy atom. The van der Waals surface area contributed by atoms with Gasteiger partial charge < -0.3 is 14.4 Å². The Morgan fingerprint density at radius 2 is 1.81 bits per heavy atom. The molecular formula is C19H20N2O5. The van der Waals surface area contributed by atoms with Crippen LogP contribution in [0.15, 0.2) is 36.4 Å². The summed E-state index contributed by atoms with van der Waals surface area (Å²) in [5.74, 6) is -0.128. The first-order chi connectivity index (χ1) is 12.5. The van der Waals surface area contributed by atoms with E-state index in [-0.39, 0.29) is 11.3 Å². The van der Waals surface area contributed by atoms with E-state index < -0.39 is 10.9 Å². The van der Waals surface area contributed by atoms with E-state index in [1.807, 2.05) is 36.9 Å². The lowest BCUT2D eigenvalue weighted by atomic mass is 10.1. The number of carbonyl (C=O) groups is 1. The van der Waals surface area contributed by atoms with Gasteiger partial charge in [-0.3, -0.25) is 10.1 Å². The summed E-state index contributed by atoms with van der Waals surface area (Å²) in [6, 6.07) is 10.0. The van der Waals surface area contributed by atoms with Gasteiger partial charge in [0.25, 0.3) is 5.69 Å². The fourth-order valence-electron chi connectivity index (χ4n) is 2.98. The van der Waals surface area contributed by atoms with E-state index in [2.05, 4.69) is 0 Å². The number of para-hydroxylation sites is 1. The molecule has 3 rings (SSSR count). The smallest absolute Gasteiger partial charge is 0.343 e. The third-order valence-corrected chi connectivity index (χ3v) is 4.36. The number of hydrogen-bond acceptors (Lipinski definition) is 6. The molecule has 0 bridgehead atoms. The first-order valence-electron chi connectivity index (χ1n) is 8.37. The molecule has 26 heavy (non-hydrogen) atoms.